The molecule has 0 spiro atoms. The molecule has 0 saturated carbocycles. The van der Waals surface area contributed by atoms with Crippen LogP contribution in [0.4, 0.5) is 0 Å². The first-order valence-corrected chi connectivity index (χ1v) is 6.15. The van der Waals surface area contributed by atoms with Crippen molar-refractivity contribution < 1.29 is 4.79 Å². The number of rotatable bonds is 4. The molecule has 6 nitrogen and oxygen atoms in total. The number of nitrogens with one attached hydrogen (secondary N) is 3. The Hall–Kier alpha value is -2.15. The normalized spacial score (nSPS) is 10.9. The average Bonchev–Trinajstić information content (AvgIpc) is 2.89. The zero-order valence-corrected chi connectivity index (χ0v) is 10.5. The molecule has 2 heterocycles. The number of carbonyl (C=O) groups is 1. The van der Waals surface area contributed by atoms with Crippen molar-refractivity contribution in [2.75, 3.05) is 0 Å². The van der Waals surface area contributed by atoms with Gasteiger partial charge in [0.15, 0.2) is 0 Å². The molecular formula is C11H12N4O2S. The number of carbonyl (C=O) groups excluding carboxylic acids is 1. The van der Waals surface area contributed by atoms with E-state index in [9.17, 15) is 9.59 Å². The van der Waals surface area contributed by atoms with E-state index < -0.39 is 0 Å². The summed E-state index contributed by atoms with van der Waals surface area (Å²) in [7, 11) is 0. The van der Waals surface area contributed by atoms with Crippen LogP contribution in [0.15, 0.2) is 27.4 Å². The van der Waals surface area contributed by atoms with Gasteiger partial charge in [-0.1, -0.05) is 0 Å². The van der Waals surface area contributed by atoms with E-state index in [2.05, 4.69) is 20.7 Å². The highest BCUT2D eigenvalue weighted by atomic mass is 32.1. The maximum absolute atomic E-state index is 11.5. The van der Waals surface area contributed by atoms with Gasteiger partial charge in [0, 0.05) is 16.6 Å². The highest BCUT2D eigenvalue weighted by Crippen LogP contribution is 2.12. The zero-order valence-electron chi connectivity index (χ0n) is 9.69. The molecule has 0 aliphatic carbocycles. The highest BCUT2D eigenvalue weighted by Gasteiger charge is 2.04. The maximum atomic E-state index is 11.5. The summed E-state index contributed by atoms with van der Waals surface area (Å²) >= 11 is 1.56. The molecule has 1 amide bonds. The van der Waals surface area contributed by atoms with E-state index >= 15 is 0 Å². The number of hydrazone groups is 1. The van der Waals surface area contributed by atoms with Crippen molar-refractivity contribution in [2.45, 2.75) is 13.3 Å². The summed E-state index contributed by atoms with van der Waals surface area (Å²) in [5.41, 5.74) is 3.80. The van der Waals surface area contributed by atoms with E-state index in [1.807, 2.05) is 18.4 Å². The predicted molar refractivity (Wildman–Crippen MR) is 69.9 cm³/mol. The predicted octanol–water partition coefficient (Wildman–Crippen LogP) is 0.766. The van der Waals surface area contributed by atoms with Gasteiger partial charge in [0.05, 0.1) is 12.6 Å². The van der Waals surface area contributed by atoms with E-state index in [0.29, 0.717) is 5.69 Å². The van der Waals surface area contributed by atoms with Crippen LogP contribution in [0.5, 0.6) is 0 Å². The fourth-order valence-corrected chi connectivity index (χ4v) is 2.15. The van der Waals surface area contributed by atoms with Crippen molar-refractivity contribution in [3.05, 3.63) is 44.0 Å². The Labute approximate surface area is 107 Å². The zero-order chi connectivity index (χ0) is 13.0. The molecule has 0 saturated heterocycles. The molecule has 0 fully saturated rings. The van der Waals surface area contributed by atoms with Crippen molar-refractivity contribution in [3.63, 3.8) is 0 Å². The molecule has 0 atom stereocenters. The Bertz CT molecular complexity index is 623. The van der Waals surface area contributed by atoms with Gasteiger partial charge in [0.1, 0.15) is 0 Å². The quantitative estimate of drug-likeness (QED) is 0.562. The molecule has 3 N–H and O–H groups in total. The van der Waals surface area contributed by atoms with E-state index in [-0.39, 0.29) is 17.9 Å². The molecular weight excluding hydrogens is 252 g/mol. The van der Waals surface area contributed by atoms with Gasteiger partial charge in [0.25, 0.3) is 5.56 Å². The number of amides is 1. The van der Waals surface area contributed by atoms with E-state index in [1.165, 1.54) is 6.07 Å². The first-order valence-electron chi connectivity index (χ1n) is 5.28. The van der Waals surface area contributed by atoms with Crippen LogP contribution < -0.4 is 11.0 Å². The number of hydrogen-bond donors (Lipinski definition) is 3. The summed E-state index contributed by atoms with van der Waals surface area (Å²) in [6.45, 7) is 1.98. The first kappa shape index (κ1) is 12.3. The lowest BCUT2D eigenvalue weighted by Crippen LogP contribution is -2.20. The summed E-state index contributed by atoms with van der Waals surface area (Å²) in [5, 5.41) is 10.8. The molecule has 2 aromatic heterocycles. The minimum Gasteiger partial charge on any atom is -0.302 e. The van der Waals surface area contributed by atoms with Crippen LogP contribution in [0.1, 0.15) is 16.1 Å². The van der Waals surface area contributed by atoms with Crippen molar-refractivity contribution >= 4 is 23.5 Å². The smallest absolute Gasteiger partial charge is 0.264 e. The molecule has 2 rings (SSSR count). The lowest BCUT2D eigenvalue weighted by atomic mass is 10.3. The summed E-state index contributed by atoms with van der Waals surface area (Å²) in [4.78, 5) is 23.3. The standard InChI is InChI=1S/C11H12N4O2S/c1-7-2-3-18-9(7)6-12-14-10(16)4-8-5-11(17)15-13-8/h2-3,5-6H,4H2,1H3,(H,14,16)(H2,13,15,17)/b12-6+. The van der Waals surface area contributed by atoms with Gasteiger partial charge in [-0.15, -0.1) is 11.3 Å². The lowest BCUT2D eigenvalue weighted by Gasteiger charge is -1.96. The van der Waals surface area contributed by atoms with Crippen LogP contribution in [0, 0.1) is 6.92 Å². The molecule has 0 unspecified atom stereocenters. The third-order valence-electron chi connectivity index (χ3n) is 2.28. The molecule has 0 aliphatic heterocycles. The number of aryl methyl sites for hydroxylation is 1. The first-order chi connectivity index (χ1) is 8.65. The Balaban J connectivity index is 1.87. The highest BCUT2D eigenvalue weighted by molar-refractivity contribution is 7.11. The fourth-order valence-electron chi connectivity index (χ4n) is 1.36. The van der Waals surface area contributed by atoms with Crippen molar-refractivity contribution in [1.29, 1.82) is 0 Å². The number of aromatic amines is 2. The second-order valence-corrected chi connectivity index (χ2v) is 4.67. The van der Waals surface area contributed by atoms with Gasteiger partial charge in [0.2, 0.25) is 5.91 Å². The van der Waals surface area contributed by atoms with Gasteiger partial charge < -0.3 is 5.10 Å². The summed E-state index contributed by atoms with van der Waals surface area (Å²) in [5.74, 6) is -0.282. The second-order valence-electron chi connectivity index (χ2n) is 3.72. The van der Waals surface area contributed by atoms with E-state index in [4.69, 9.17) is 0 Å². The van der Waals surface area contributed by atoms with Crippen molar-refractivity contribution in [1.82, 2.24) is 15.6 Å². The number of hydrogen-bond acceptors (Lipinski definition) is 4. The second kappa shape index (κ2) is 5.46. The van der Waals surface area contributed by atoms with Crippen LogP contribution in [0.2, 0.25) is 0 Å². The van der Waals surface area contributed by atoms with Gasteiger partial charge >= 0.3 is 0 Å². The van der Waals surface area contributed by atoms with Crippen LogP contribution in [-0.2, 0) is 11.2 Å². The van der Waals surface area contributed by atoms with E-state index in [0.717, 1.165) is 10.4 Å². The Morgan fingerprint density at radius 1 is 1.56 bits per heavy atom. The number of aromatic nitrogens is 2. The van der Waals surface area contributed by atoms with Crippen LogP contribution in [0.3, 0.4) is 0 Å². The molecule has 0 aromatic carbocycles. The van der Waals surface area contributed by atoms with Crippen LogP contribution in [0.25, 0.3) is 0 Å². The Morgan fingerprint density at radius 2 is 2.39 bits per heavy atom. The van der Waals surface area contributed by atoms with Gasteiger partial charge in [-0.2, -0.15) is 5.10 Å². The Kier molecular flexibility index (Phi) is 3.73. The molecule has 94 valence electrons. The molecule has 0 radical (unpaired) electrons. The van der Waals surface area contributed by atoms with Crippen LogP contribution >= 0.6 is 11.3 Å². The number of H-pyrrole nitrogens is 2. The number of nitrogens with zero attached hydrogens (tertiary/aromatic N) is 1. The number of thiophene rings is 1. The minimum absolute atomic E-state index is 0.0828. The average molecular weight is 264 g/mol. The SMILES string of the molecule is Cc1ccsc1/C=N/NC(=O)Cc1cc(=O)[nH][nH]1. The third kappa shape index (κ3) is 3.17. The van der Waals surface area contributed by atoms with Gasteiger partial charge in [-0.3, -0.25) is 14.7 Å². The monoisotopic (exact) mass is 264 g/mol. The van der Waals surface area contributed by atoms with Crippen molar-refractivity contribution in [2.24, 2.45) is 5.10 Å². The molecule has 0 bridgehead atoms. The fraction of sp³-hybridized carbons (Fsp3) is 0.182. The molecule has 7 heteroatoms. The van der Waals surface area contributed by atoms with Crippen molar-refractivity contribution in [3.8, 4) is 0 Å². The largest absolute Gasteiger partial charge is 0.302 e. The topological polar surface area (TPSA) is 90.1 Å². The maximum Gasteiger partial charge on any atom is 0.264 e. The summed E-state index contributed by atoms with van der Waals surface area (Å²) in [6.07, 6.45) is 1.69. The molecule has 0 aliphatic rings. The van der Waals surface area contributed by atoms with Gasteiger partial charge in [-0.25, -0.2) is 5.43 Å². The Morgan fingerprint density at radius 3 is 3.00 bits per heavy atom. The van der Waals surface area contributed by atoms with Gasteiger partial charge in [-0.05, 0) is 23.9 Å². The molecule has 2 aromatic rings. The molecule has 18 heavy (non-hydrogen) atoms. The summed E-state index contributed by atoms with van der Waals surface area (Å²) in [6, 6.07) is 3.32. The van der Waals surface area contributed by atoms with Crippen LogP contribution in [-0.4, -0.2) is 22.3 Å². The third-order valence-corrected chi connectivity index (χ3v) is 3.23. The summed E-state index contributed by atoms with van der Waals surface area (Å²) < 4.78 is 0. The van der Waals surface area contributed by atoms with E-state index in [1.54, 1.807) is 17.6 Å². The minimum atomic E-state index is -0.282. The lowest BCUT2D eigenvalue weighted by molar-refractivity contribution is -0.120.